The van der Waals surface area contributed by atoms with E-state index in [1.54, 1.807) is 62.4 Å². The maximum absolute atomic E-state index is 13.6. The number of carbonyl (C=O) groups excluding carboxylic acids is 2. The molecule has 2 heterocycles. The van der Waals surface area contributed by atoms with E-state index in [2.05, 4.69) is 4.99 Å². The zero-order valence-corrected chi connectivity index (χ0v) is 21.3. The lowest BCUT2D eigenvalue weighted by Gasteiger charge is -2.24. The van der Waals surface area contributed by atoms with Gasteiger partial charge in [-0.2, -0.15) is 0 Å². The van der Waals surface area contributed by atoms with Crippen LogP contribution in [0.25, 0.3) is 6.08 Å². The molecule has 0 fully saturated rings. The van der Waals surface area contributed by atoms with E-state index in [1.807, 2.05) is 0 Å². The van der Waals surface area contributed by atoms with Gasteiger partial charge in [0.05, 0.1) is 38.5 Å². The Labute approximate surface area is 214 Å². The first-order chi connectivity index (χ1) is 16.7. The number of aromatic nitrogens is 1. The van der Waals surface area contributed by atoms with Gasteiger partial charge in [-0.25, -0.2) is 9.79 Å². The first kappa shape index (κ1) is 24.9. The number of halogens is 2. The summed E-state index contributed by atoms with van der Waals surface area (Å²) in [6.07, 6.45) is 1.70. The number of carbonyl (C=O) groups is 2. The second-order valence-corrected chi connectivity index (χ2v) is 9.46. The lowest BCUT2D eigenvalue weighted by molar-refractivity contribution is -0.139. The smallest absolute Gasteiger partial charge is 0.338 e. The summed E-state index contributed by atoms with van der Waals surface area (Å²) < 4.78 is 12.3. The van der Waals surface area contributed by atoms with Crippen LogP contribution in [0.2, 0.25) is 10.0 Å². The van der Waals surface area contributed by atoms with Crippen molar-refractivity contribution in [2.75, 3.05) is 6.61 Å². The van der Waals surface area contributed by atoms with Crippen molar-refractivity contribution in [3.05, 3.63) is 94.6 Å². The van der Waals surface area contributed by atoms with Crippen LogP contribution in [0.5, 0.6) is 5.75 Å². The van der Waals surface area contributed by atoms with Crippen molar-refractivity contribution >= 4 is 52.6 Å². The van der Waals surface area contributed by atoms with E-state index in [4.69, 9.17) is 32.7 Å². The summed E-state index contributed by atoms with van der Waals surface area (Å²) in [4.78, 5) is 42.8. The molecule has 0 spiro atoms. The van der Waals surface area contributed by atoms with Crippen LogP contribution in [-0.4, -0.2) is 23.1 Å². The predicted octanol–water partition coefficient (Wildman–Crippen LogP) is 4.03. The summed E-state index contributed by atoms with van der Waals surface area (Å²) in [7, 11) is 0. The minimum Gasteiger partial charge on any atom is -0.463 e. The van der Waals surface area contributed by atoms with Crippen LogP contribution >= 0.6 is 34.5 Å². The fourth-order valence-corrected chi connectivity index (χ4v) is 5.10. The predicted molar refractivity (Wildman–Crippen MR) is 135 cm³/mol. The van der Waals surface area contributed by atoms with E-state index in [0.717, 1.165) is 0 Å². The third kappa shape index (κ3) is 5.10. The Morgan fingerprint density at radius 1 is 1.14 bits per heavy atom. The van der Waals surface area contributed by atoms with Crippen molar-refractivity contribution < 1.29 is 19.1 Å². The first-order valence-corrected chi connectivity index (χ1v) is 12.2. The lowest BCUT2D eigenvalue weighted by atomic mass is 9.96. The van der Waals surface area contributed by atoms with Crippen LogP contribution in [0, 0.1) is 0 Å². The highest BCUT2D eigenvalue weighted by Crippen LogP contribution is 2.31. The highest BCUT2D eigenvalue weighted by molar-refractivity contribution is 7.07. The minimum atomic E-state index is -0.771. The Balaban J connectivity index is 1.90. The number of allylic oxidation sites excluding steroid dienone is 1. The second-order valence-electron chi connectivity index (χ2n) is 7.64. The number of ether oxygens (including phenoxy) is 2. The highest BCUT2D eigenvalue weighted by atomic mass is 35.5. The molecule has 2 aromatic carbocycles. The van der Waals surface area contributed by atoms with E-state index in [1.165, 1.54) is 22.8 Å². The third-order valence-corrected chi connectivity index (χ3v) is 6.94. The average molecular weight is 531 g/mol. The van der Waals surface area contributed by atoms with Gasteiger partial charge >= 0.3 is 11.9 Å². The van der Waals surface area contributed by atoms with Gasteiger partial charge < -0.3 is 9.47 Å². The van der Waals surface area contributed by atoms with Crippen molar-refractivity contribution in [2.45, 2.75) is 26.8 Å². The van der Waals surface area contributed by atoms with Gasteiger partial charge in [-0.05, 0) is 55.3 Å². The molecular formula is C25H20Cl2N2O5S. The molecule has 1 aromatic heterocycles. The number of esters is 2. The monoisotopic (exact) mass is 530 g/mol. The summed E-state index contributed by atoms with van der Waals surface area (Å²) in [6, 6.07) is 10.9. The SMILES string of the molecule is CCOC(=O)C1=C(C)N=c2sc(=Cc3ccc(Cl)c(Cl)c3)c(=O)n2C1c1ccc(OC(C)=O)cc1. The Morgan fingerprint density at radius 3 is 2.49 bits per heavy atom. The number of fused-ring (bicyclic) bond motifs is 1. The summed E-state index contributed by atoms with van der Waals surface area (Å²) in [5.41, 5.74) is 1.75. The van der Waals surface area contributed by atoms with Gasteiger partial charge in [0, 0.05) is 6.92 Å². The van der Waals surface area contributed by atoms with E-state index in [9.17, 15) is 14.4 Å². The summed E-state index contributed by atoms with van der Waals surface area (Å²) >= 11 is 13.3. The molecule has 0 aliphatic carbocycles. The average Bonchev–Trinajstić information content (AvgIpc) is 3.10. The maximum Gasteiger partial charge on any atom is 0.338 e. The van der Waals surface area contributed by atoms with Gasteiger partial charge in [-0.3, -0.25) is 14.2 Å². The normalized spacial score (nSPS) is 15.5. The van der Waals surface area contributed by atoms with E-state index >= 15 is 0 Å². The van der Waals surface area contributed by atoms with Crippen molar-refractivity contribution in [1.82, 2.24) is 4.57 Å². The molecular weight excluding hydrogens is 511 g/mol. The van der Waals surface area contributed by atoms with Crippen LogP contribution in [0.4, 0.5) is 0 Å². The van der Waals surface area contributed by atoms with Gasteiger partial charge in [0.2, 0.25) is 0 Å². The molecule has 0 saturated heterocycles. The van der Waals surface area contributed by atoms with Gasteiger partial charge in [-0.1, -0.05) is 52.7 Å². The Bertz CT molecular complexity index is 1540. The minimum absolute atomic E-state index is 0.176. The molecule has 0 radical (unpaired) electrons. The molecule has 0 bridgehead atoms. The standard InChI is InChI=1S/C25H20Cl2N2O5S/c1-4-33-24(32)21-13(2)28-25-29(22(21)16-6-8-17(9-7-16)34-14(3)30)23(31)20(35-25)12-15-5-10-18(26)19(27)11-15/h5-12,22H,4H2,1-3H3. The van der Waals surface area contributed by atoms with Gasteiger partial charge in [-0.15, -0.1) is 0 Å². The van der Waals surface area contributed by atoms with Crippen molar-refractivity contribution in [3.63, 3.8) is 0 Å². The molecule has 0 N–H and O–H groups in total. The van der Waals surface area contributed by atoms with Crippen LogP contribution in [0.3, 0.4) is 0 Å². The largest absolute Gasteiger partial charge is 0.463 e. The number of thiazole rings is 1. The number of rotatable bonds is 5. The molecule has 1 atom stereocenters. The number of nitrogens with zero attached hydrogens (tertiary/aromatic N) is 2. The summed E-state index contributed by atoms with van der Waals surface area (Å²) in [6.45, 7) is 4.91. The molecule has 35 heavy (non-hydrogen) atoms. The first-order valence-electron chi connectivity index (χ1n) is 10.6. The number of hydrogen-bond donors (Lipinski definition) is 0. The van der Waals surface area contributed by atoms with Crippen molar-refractivity contribution in [1.29, 1.82) is 0 Å². The van der Waals surface area contributed by atoms with Crippen LogP contribution < -0.4 is 19.6 Å². The van der Waals surface area contributed by atoms with E-state index in [0.29, 0.717) is 42.0 Å². The maximum atomic E-state index is 13.6. The Hall–Kier alpha value is -3.20. The van der Waals surface area contributed by atoms with Gasteiger partial charge in [0.15, 0.2) is 4.80 Å². The van der Waals surface area contributed by atoms with Crippen molar-refractivity contribution in [3.8, 4) is 5.75 Å². The van der Waals surface area contributed by atoms with Crippen LogP contribution in [0.1, 0.15) is 37.9 Å². The molecule has 1 aliphatic heterocycles. The summed E-state index contributed by atoms with van der Waals surface area (Å²) in [5, 5.41) is 0.788. The Kier molecular flexibility index (Phi) is 7.25. The Morgan fingerprint density at radius 2 is 1.86 bits per heavy atom. The fraction of sp³-hybridized carbons (Fsp3) is 0.200. The molecule has 0 saturated carbocycles. The highest BCUT2D eigenvalue weighted by Gasteiger charge is 2.33. The molecule has 180 valence electrons. The summed E-state index contributed by atoms with van der Waals surface area (Å²) in [5.74, 6) is -0.649. The quantitative estimate of drug-likeness (QED) is 0.367. The second kappa shape index (κ2) is 10.2. The number of hydrogen-bond acceptors (Lipinski definition) is 7. The van der Waals surface area contributed by atoms with Crippen LogP contribution in [0.15, 0.2) is 63.5 Å². The number of benzene rings is 2. The molecule has 7 nitrogen and oxygen atoms in total. The van der Waals surface area contributed by atoms with E-state index in [-0.39, 0.29) is 17.7 Å². The molecule has 4 rings (SSSR count). The molecule has 0 amide bonds. The molecule has 1 aliphatic rings. The van der Waals surface area contributed by atoms with Crippen molar-refractivity contribution in [2.24, 2.45) is 4.99 Å². The molecule has 1 unspecified atom stereocenters. The van der Waals surface area contributed by atoms with E-state index < -0.39 is 18.0 Å². The zero-order chi connectivity index (χ0) is 25.3. The van der Waals surface area contributed by atoms with Gasteiger partial charge in [0.25, 0.3) is 5.56 Å². The third-order valence-electron chi connectivity index (χ3n) is 5.22. The zero-order valence-electron chi connectivity index (χ0n) is 19.0. The topological polar surface area (TPSA) is 87.0 Å². The lowest BCUT2D eigenvalue weighted by Crippen LogP contribution is -2.39. The van der Waals surface area contributed by atoms with Gasteiger partial charge in [0.1, 0.15) is 5.75 Å². The molecule has 3 aromatic rings. The molecule has 10 heteroatoms. The van der Waals surface area contributed by atoms with Crippen LogP contribution in [-0.2, 0) is 14.3 Å². The fourth-order valence-electron chi connectivity index (χ4n) is 3.74.